The molecule has 0 saturated heterocycles. The Morgan fingerprint density at radius 1 is 1.37 bits per heavy atom. The van der Waals surface area contributed by atoms with Gasteiger partial charge in [0.05, 0.1) is 11.9 Å². The molecule has 1 aromatic rings. The molecule has 19 heavy (non-hydrogen) atoms. The second-order valence-corrected chi connectivity index (χ2v) is 5.14. The van der Waals surface area contributed by atoms with Crippen LogP contribution in [0.25, 0.3) is 0 Å². The first-order chi connectivity index (χ1) is 9.24. The largest absolute Gasteiger partial charge is 0.396 e. The van der Waals surface area contributed by atoms with Crippen molar-refractivity contribution in [2.24, 2.45) is 0 Å². The van der Waals surface area contributed by atoms with Gasteiger partial charge in [-0.15, -0.1) is 0 Å². The summed E-state index contributed by atoms with van der Waals surface area (Å²) in [5.41, 5.74) is 0.425. The molecule has 1 saturated carbocycles. The van der Waals surface area contributed by atoms with Crippen LogP contribution >= 0.6 is 0 Å². The molecule has 1 aliphatic rings. The van der Waals surface area contributed by atoms with Gasteiger partial charge in [0.25, 0.3) is 0 Å². The average molecular weight is 263 g/mol. The maximum absolute atomic E-state index is 12.0. The van der Waals surface area contributed by atoms with Crippen molar-refractivity contribution in [3.05, 3.63) is 24.5 Å². The number of aliphatic hydroxyl groups is 1. The van der Waals surface area contributed by atoms with Gasteiger partial charge in [-0.05, 0) is 31.4 Å². The predicted molar refractivity (Wildman–Crippen MR) is 73.9 cm³/mol. The summed E-state index contributed by atoms with van der Waals surface area (Å²) in [6.45, 7) is 0.104. The van der Waals surface area contributed by atoms with Crippen molar-refractivity contribution in [3.63, 3.8) is 0 Å². The van der Waals surface area contributed by atoms with E-state index in [2.05, 4.69) is 15.6 Å². The fourth-order valence-corrected chi connectivity index (χ4v) is 2.72. The van der Waals surface area contributed by atoms with Crippen LogP contribution in [-0.4, -0.2) is 28.3 Å². The molecule has 0 unspecified atom stereocenters. The number of aliphatic hydroxyl groups excluding tert-OH is 1. The first kappa shape index (κ1) is 13.8. The molecule has 0 spiro atoms. The third kappa shape index (κ3) is 3.92. The lowest BCUT2D eigenvalue weighted by Gasteiger charge is -2.37. The molecule has 5 nitrogen and oxygen atoms in total. The maximum atomic E-state index is 12.0. The van der Waals surface area contributed by atoms with Crippen LogP contribution in [0.1, 0.15) is 38.5 Å². The molecule has 5 heteroatoms. The van der Waals surface area contributed by atoms with E-state index in [0.717, 1.165) is 25.7 Å². The van der Waals surface area contributed by atoms with Crippen LogP contribution in [0.15, 0.2) is 24.5 Å². The van der Waals surface area contributed by atoms with Gasteiger partial charge in [0, 0.05) is 18.3 Å². The van der Waals surface area contributed by atoms with Crippen molar-refractivity contribution < 1.29 is 9.90 Å². The van der Waals surface area contributed by atoms with Gasteiger partial charge in [-0.1, -0.05) is 19.3 Å². The Morgan fingerprint density at radius 2 is 2.16 bits per heavy atom. The molecule has 0 aliphatic heterocycles. The second-order valence-electron chi connectivity index (χ2n) is 5.14. The summed E-state index contributed by atoms with van der Waals surface area (Å²) < 4.78 is 0. The SMILES string of the molecule is O=C(Nc1cccnc1)NC1(CCO)CCCCC1. The number of amides is 2. The van der Waals surface area contributed by atoms with Crippen LogP contribution in [-0.2, 0) is 0 Å². The molecule has 1 fully saturated rings. The number of carbonyl (C=O) groups excluding carboxylic acids is 1. The summed E-state index contributed by atoms with van der Waals surface area (Å²) in [5, 5.41) is 15.0. The molecule has 0 radical (unpaired) electrons. The van der Waals surface area contributed by atoms with E-state index in [1.165, 1.54) is 6.42 Å². The van der Waals surface area contributed by atoms with E-state index in [0.29, 0.717) is 12.1 Å². The van der Waals surface area contributed by atoms with Gasteiger partial charge in [0.15, 0.2) is 0 Å². The number of nitrogens with zero attached hydrogens (tertiary/aromatic N) is 1. The van der Waals surface area contributed by atoms with Crippen LogP contribution in [0.5, 0.6) is 0 Å². The Labute approximate surface area is 113 Å². The van der Waals surface area contributed by atoms with Crippen LogP contribution in [0.4, 0.5) is 10.5 Å². The topological polar surface area (TPSA) is 74.2 Å². The number of hydrogen-bond acceptors (Lipinski definition) is 3. The maximum Gasteiger partial charge on any atom is 0.319 e. The molecule has 0 bridgehead atoms. The van der Waals surface area contributed by atoms with E-state index in [9.17, 15) is 9.90 Å². The minimum Gasteiger partial charge on any atom is -0.396 e. The average Bonchev–Trinajstić information content (AvgIpc) is 2.40. The van der Waals surface area contributed by atoms with Crippen molar-refractivity contribution in [2.75, 3.05) is 11.9 Å². The minimum absolute atomic E-state index is 0.104. The van der Waals surface area contributed by atoms with Crippen molar-refractivity contribution in [3.8, 4) is 0 Å². The highest BCUT2D eigenvalue weighted by Crippen LogP contribution is 2.30. The zero-order valence-corrected chi connectivity index (χ0v) is 11.1. The molecule has 1 heterocycles. The molecule has 0 aromatic carbocycles. The van der Waals surface area contributed by atoms with Gasteiger partial charge in [0.2, 0.25) is 0 Å². The van der Waals surface area contributed by atoms with Gasteiger partial charge in [-0.2, -0.15) is 0 Å². The fourth-order valence-electron chi connectivity index (χ4n) is 2.72. The summed E-state index contributed by atoms with van der Waals surface area (Å²) in [5.74, 6) is 0. The van der Waals surface area contributed by atoms with E-state index in [1.807, 2.05) is 0 Å². The van der Waals surface area contributed by atoms with Crippen LogP contribution in [0.3, 0.4) is 0 Å². The van der Waals surface area contributed by atoms with E-state index in [1.54, 1.807) is 24.5 Å². The lowest BCUT2D eigenvalue weighted by atomic mass is 9.79. The molecule has 2 rings (SSSR count). The number of anilines is 1. The zero-order chi connectivity index (χ0) is 13.6. The molecule has 104 valence electrons. The first-order valence-electron chi connectivity index (χ1n) is 6.84. The highest BCUT2D eigenvalue weighted by atomic mass is 16.3. The van der Waals surface area contributed by atoms with Gasteiger partial charge in [-0.25, -0.2) is 4.79 Å². The number of aromatic nitrogens is 1. The lowest BCUT2D eigenvalue weighted by molar-refractivity contribution is 0.168. The zero-order valence-electron chi connectivity index (χ0n) is 11.1. The monoisotopic (exact) mass is 263 g/mol. The molecule has 0 atom stereocenters. The Morgan fingerprint density at radius 3 is 2.79 bits per heavy atom. The Kier molecular flexibility index (Phi) is 4.74. The number of rotatable bonds is 4. The third-order valence-corrected chi connectivity index (χ3v) is 3.70. The van der Waals surface area contributed by atoms with Crippen molar-refractivity contribution in [1.82, 2.24) is 10.3 Å². The highest BCUT2D eigenvalue weighted by Gasteiger charge is 2.32. The highest BCUT2D eigenvalue weighted by molar-refractivity contribution is 5.89. The van der Waals surface area contributed by atoms with Crippen LogP contribution in [0.2, 0.25) is 0 Å². The quantitative estimate of drug-likeness (QED) is 0.780. The standard InChI is InChI=1S/C14H21N3O2/c18-10-8-14(6-2-1-3-7-14)17-13(19)16-12-5-4-9-15-11-12/h4-5,9,11,18H,1-3,6-8,10H2,(H2,16,17,19). The predicted octanol–water partition coefficient (Wildman–Crippen LogP) is 2.29. The molecule has 1 aliphatic carbocycles. The molecular weight excluding hydrogens is 242 g/mol. The van der Waals surface area contributed by atoms with Crippen LogP contribution < -0.4 is 10.6 Å². The normalized spacial score (nSPS) is 17.7. The van der Waals surface area contributed by atoms with Crippen LogP contribution in [0, 0.1) is 0 Å². The number of hydrogen-bond donors (Lipinski definition) is 3. The van der Waals surface area contributed by atoms with E-state index >= 15 is 0 Å². The molecule has 3 N–H and O–H groups in total. The van der Waals surface area contributed by atoms with Crippen molar-refractivity contribution in [2.45, 2.75) is 44.1 Å². The molecule has 2 amide bonds. The Balaban J connectivity index is 1.95. The fraction of sp³-hybridized carbons (Fsp3) is 0.571. The van der Waals surface area contributed by atoms with E-state index in [-0.39, 0.29) is 18.2 Å². The number of urea groups is 1. The lowest BCUT2D eigenvalue weighted by Crippen LogP contribution is -2.51. The number of pyridine rings is 1. The number of nitrogens with one attached hydrogen (secondary N) is 2. The van der Waals surface area contributed by atoms with Gasteiger partial charge < -0.3 is 15.7 Å². The third-order valence-electron chi connectivity index (χ3n) is 3.70. The summed E-state index contributed by atoms with van der Waals surface area (Å²) in [7, 11) is 0. The van der Waals surface area contributed by atoms with Crippen molar-refractivity contribution >= 4 is 11.7 Å². The summed E-state index contributed by atoms with van der Waals surface area (Å²) in [6.07, 6.45) is 9.19. The Hall–Kier alpha value is -1.62. The van der Waals surface area contributed by atoms with Gasteiger partial charge in [0.1, 0.15) is 0 Å². The molecular formula is C14H21N3O2. The number of carbonyl (C=O) groups is 1. The summed E-state index contributed by atoms with van der Waals surface area (Å²) in [4.78, 5) is 16.0. The van der Waals surface area contributed by atoms with Gasteiger partial charge in [-0.3, -0.25) is 4.98 Å². The first-order valence-corrected chi connectivity index (χ1v) is 6.84. The molecule has 1 aromatic heterocycles. The smallest absolute Gasteiger partial charge is 0.319 e. The van der Waals surface area contributed by atoms with E-state index in [4.69, 9.17) is 0 Å². The minimum atomic E-state index is -0.251. The Bertz CT molecular complexity index is 397. The second kappa shape index (κ2) is 6.52. The van der Waals surface area contributed by atoms with Crippen molar-refractivity contribution in [1.29, 1.82) is 0 Å². The van der Waals surface area contributed by atoms with E-state index < -0.39 is 0 Å². The summed E-state index contributed by atoms with van der Waals surface area (Å²) in [6, 6.07) is 3.36. The van der Waals surface area contributed by atoms with Gasteiger partial charge >= 0.3 is 6.03 Å². The summed E-state index contributed by atoms with van der Waals surface area (Å²) >= 11 is 0.